The number of ether oxygens (including phenoxy) is 1. The molecule has 0 aliphatic carbocycles. The molecular formula is C9H12BIN2O7. The minimum absolute atomic E-state index is 0.228. The van der Waals surface area contributed by atoms with Crippen LogP contribution in [0.2, 0.25) is 0 Å². The van der Waals surface area contributed by atoms with E-state index in [9.17, 15) is 24.7 Å². The zero-order valence-corrected chi connectivity index (χ0v) is 12.2. The zero-order chi connectivity index (χ0) is 15.1. The first-order valence-corrected chi connectivity index (χ1v) is 6.73. The number of hydrogen-bond donors (Lipinski definition) is 5. The third kappa shape index (κ3) is 2.56. The van der Waals surface area contributed by atoms with Gasteiger partial charge in [-0.3, -0.25) is 14.3 Å². The average molecular weight is 398 g/mol. The Morgan fingerprint density at radius 3 is 2.70 bits per heavy atom. The van der Waals surface area contributed by atoms with Gasteiger partial charge in [-0.15, -0.1) is 0 Å². The van der Waals surface area contributed by atoms with Crippen LogP contribution in [0.25, 0.3) is 0 Å². The summed E-state index contributed by atoms with van der Waals surface area (Å²) in [6.07, 6.45) is -1.38. The summed E-state index contributed by atoms with van der Waals surface area (Å²) in [5, 5.41) is 37.7. The van der Waals surface area contributed by atoms with E-state index in [2.05, 4.69) is 4.98 Å². The second-order valence-corrected chi connectivity index (χ2v) is 5.64. The molecule has 1 fully saturated rings. The van der Waals surface area contributed by atoms with Gasteiger partial charge in [-0.25, -0.2) is 4.79 Å². The van der Waals surface area contributed by atoms with Crippen molar-refractivity contribution in [3.05, 3.63) is 30.6 Å². The van der Waals surface area contributed by atoms with Gasteiger partial charge in [0.2, 0.25) is 0 Å². The molecule has 1 aliphatic rings. The molecule has 2 rings (SSSR count). The molecule has 20 heavy (non-hydrogen) atoms. The van der Waals surface area contributed by atoms with Gasteiger partial charge >= 0.3 is 12.8 Å². The maximum Gasteiger partial charge on any atom is 0.488 e. The van der Waals surface area contributed by atoms with E-state index in [0.717, 1.165) is 4.57 Å². The molecule has 0 spiro atoms. The summed E-state index contributed by atoms with van der Waals surface area (Å²) in [4.78, 5) is 25.1. The summed E-state index contributed by atoms with van der Waals surface area (Å²) in [5.74, 6) is 0. The van der Waals surface area contributed by atoms with Crippen LogP contribution >= 0.6 is 22.6 Å². The highest BCUT2D eigenvalue weighted by Gasteiger charge is 2.55. The molecule has 1 aromatic heterocycles. The first kappa shape index (κ1) is 15.7. The standard InChI is InChI=1S/C9H12BIN2O7/c11-4-2-13(8(16)12-7(4)15)6-1-9(17,10(18)19)5(3-14)20-6/h2,5-6,14,17-19H,1,3H2,(H,12,15,16)/t5-,6-,9+/m1/s1. The monoisotopic (exact) mass is 398 g/mol. The number of halogens is 1. The molecule has 110 valence electrons. The first-order valence-electron chi connectivity index (χ1n) is 5.65. The number of nitrogens with zero attached hydrogens (tertiary/aromatic N) is 1. The lowest BCUT2D eigenvalue weighted by molar-refractivity contribution is -0.0644. The molecule has 9 nitrogen and oxygen atoms in total. The highest BCUT2D eigenvalue weighted by atomic mass is 127. The van der Waals surface area contributed by atoms with Crippen molar-refractivity contribution in [2.75, 3.05) is 6.61 Å². The Labute approximate surface area is 126 Å². The molecule has 0 unspecified atom stereocenters. The molecule has 1 aliphatic heterocycles. The summed E-state index contributed by atoms with van der Waals surface area (Å²) in [7, 11) is -2.14. The minimum atomic E-state index is -2.14. The van der Waals surface area contributed by atoms with E-state index >= 15 is 0 Å². The molecule has 5 N–H and O–H groups in total. The van der Waals surface area contributed by atoms with Gasteiger partial charge in [-0.1, -0.05) is 0 Å². The lowest BCUT2D eigenvalue weighted by Gasteiger charge is -2.25. The van der Waals surface area contributed by atoms with Crippen molar-refractivity contribution in [1.29, 1.82) is 0 Å². The third-order valence-electron chi connectivity index (χ3n) is 3.23. The number of aromatic nitrogens is 2. The summed E-state index contributed by atoms with van der Waals surface area (Å²) in [6, 6.07) is 0. The normalized spacial score (nSPS) is 29.6. The van der Waals surface area contributed by atoms with Gasteiger partial charge in [0, 0.05) is 12.6 Å². The van der Waals surface area contributed by atoms with Crippen LogP contribution in [0.15, 0.2) is 15.8 Å². The molecule has 0 amide bonds. The number of aromatic amines is 1. The van der Waals surface area contributed by atoms with Gasteiger partial charge in [0.1, 0.15) is 17.8 Å². The molecular weight excluding hydrogens is 386 g/mol. The van der Waals surface area contributed by atoms with E-state index < -0.39 is 42.8 Å². The van der Waals surface area contributed by atoms with Gasteiger partial charge in [0.15, 0.2) is 0 Å². The van der Waals surface area contributed by atoms with Crippen molar-refractivity contribution < 1.29 is 25.0 Å². The van der Waals surface area contributed by atoms with E-state index in [1.165, 1.54) is 6.20 Å². The molecule has 1 saturated heterocycles. The lowest BCUT2D eigenvalue weighted by Crippen LogP contribution is -2.54. The fourth-order valence-electron chi connectivity index (χ4n) is 2.08. The molecule has 0 bridgehead atoms. The topological polar surface area (TPSA) is 145 Å². The fraction of sp³-hybridized carbons (Fsp3) is 0.556. The second-order valence-electron chi connectivity index (χ2n) is 4.47. The maximum atomic E-state index is 11.7. The Kier molecular flexibility index (Phi) is 4.37. The predicted octanol–water partition coefficient (Wildman–Crippen LogP) is -2.84. The molecule has 0 saturated carbocycles. The zero-order valence-electron chi connectivity index (χ0n) is 10.1. The molecule has 11 heteroatoms. The summed E-state index contributed by atoms with van der Waals surface area (Å²) in [5.41, 5.74) is -3.41. The van der Waals surface area contributed by atoms with Crippen molar-refractivity contribution in [1.82, 2.24) is 9.55 Å². The molecule has 1 aromatic rings. The quantitative estimate of drug-likeness (QED) is 0.273. The van der Waals surface area contributed by atoms with Crippen LogP contribution in [0.1, 0.15) is 12.6 Å². The Hall–Kier alpha value is -0.725. The van der Waals surface area contributed by atoms with Crippen LogP contribution < -0.4 is 11.2 Å². The Morgan fingerprint density at radius 2 is 2.20 bits per heavy atom. The van der Waals surface area contributed by atoms with Gasteiger partial charge < -0.3 is 25.0 Å². The lowest BCUT2D eigenvalue weighted by atomic mass is 9.64. The van der Waals surface area contributed by atoms with Gasteiger partial charge in [0.25, 0.3) is 5.56 Å². The van der Waals surface area contributed by atoms with Gasteiger partial charge in [0.05, 0.1) is 10.2 Å². The van der Waals surface area contributed by atoms with E-state index in [-0.39, 0.29) is 9.99 Å². The van der Waals surface area contributed by atoms with Crippen molar-refractivity contribution in [3.63, 3.8) is 0 Å². The number of H-pyrrole nitrogens is 1. The molecule has 0 radical (unpaired) electrons. The van der Waals surface area contributed by atoms with Gasteiger partial charge in [-0.2, -0.15) is 0 Å². The number of hydrogen-bond acceptors (Lipinski definition) is 7. The number of nitrogens with one attached hydrogen (secondary N) is 1. The van der Waals surface area contributed by atoms with Crippen molar-refractivity contribution in [2.45, 2.75) is 24.3 Å². The van der Waals surface area contributed by atoms with E-state index in [0.29, 0.717) is 0 Å². The van der Waals surface area contributed by atoms with Crippen molar-refractivity contribution in [3.8, 4) is 0 Å². The smallest absolute Gasteiger partial charge is 0.425 e. The molecule has 3 atom stereocenters. The number of rotatable bonds is 3. The SMILES string of the molecule is O=c1[nH]c(=O)n([C@H]2C[C@@](O)(B(O)O)[C@@H](CO)O2)cc1I. The molecule has 0 aromatic carbocycles. The van der Waals surface area contributed by atoms with Crippen molar-refractivity contribution >= 4 is 29.7 Å². The second kappa shape index (κ2) is 5.58. The Bertz CT molecular complexity index is 617. The van der Waals surface area contributed by atoms with Crippen molar-refractivity contribution in [2.24, 2.45) is 0 Å². The fourth-order valence-corrected chi connectivity index (χ4v) is 2.51. The minimum Gasteiger partial charge on any atom is -0.425 e. The van der Waals surface area contributed by atoms with Crippen LogP contribution in [0.4, 0.5) is 0 Å². The number of aliphatic hydroxyl groups excluding tert-OH is 1. The highest BCUT2D eigenvalue weighted by Crippen LogP contribution is 2.36. The van der Waals surface area contributed by atoms with Crippen LogP contribution in [-0.4, -0.2) is 55.1 Å². The van der Waals surface area contributed by atoms with E-state index in [1.807, 2.05) is 0 Å². The third-order valence-corrected chi connectivity index (χ3v) is 4.00. The Balaban J connectivity index is 2.40. The summed E-state index contributed by atoms with van der Waals surface area (Å²) >= 11 is 1.72. The summed E-state index contributed by atoms with van der Waals surface area (Å²) < 4.78 is 6.51. The van der Waals surface area contributed by atoms with E-state index in [4.69, 9.17) is 9.84 Å². The Morgan fingerprint density at radius 1 is 1.55 bits per heavy atom. The van der Waals surface area contributed by atoms with Crippen LogP contribution in [0.5, 0.6) is 0 Å². The van der Waals surface area contributed by atoms with Crippen LogP contribution in [-0.2, 0) is 4.74 Å². The van der Waals surface area contributed by atoms with E-state index in [1.54, 1.807) is 22.6 Å². The first-order chi connectivity index (χ1) is 9.29. The average Bonchev–Trinajstić information content (AvgIpc) is 2.72. The van der Waals surface area contributed by atoms with Crippen LogP contribution in [0, 0.1) is 3.57 Å². The van der Waals surface area contributed by atoms with Crippen LogP contribution in [0.3, 0.4) is 0 Å². The number of aliphatic hydroxyl groups is 2. The predicted molar refractivity (Wildman–Crippen MR) is 74.8 cm³/mol. The largest absolute Gasteiger partial charge is 0.488 e. The maximum absolute atomic E-state index is 11.7. The van der Waals surface area contributed by atoms with Gasteiger partial charge in [-0.05, 0) is 22.6 Å². The highest BCUT2D eigenvalue weighted by molar-refractivity contribution is 14.1. The summed E-state index contributed by atoms with van der Waals surface area (Å²) in [6.45, 7) is -0.653. The molecule has 2 heterocycles.